The number of hydrogen-bond donors (Lipinski definition) is 2. The molecular formula is C9H13FN2O6S. The van der Waals surface area contributed by atoms with E-state index in [-0.39, 0.29) is 19.5 Å². The maximum Gasteiger partial charge on any atom is 0.322 e. The van der Waals surface area contributed by atoms with E-state index in [1.165, 1.54) is 0 Å². The van der Waals surface area contributed by atoms with Gasteiger partial charge in [-0.25, -0.2) is 0 Å². The molecule has 2 N–H and O–H groups in total. The number of carbonyl (C=O) groups is 3. The SMILES string of the molecule is O=C(O)CNC(=O)CN1CC(CS(=O)(=O)F)CC1=O. The van der Waals surface area contributed by atoms with Crippen molar-refractivity contribution in [3.8, 4) is 0 Å². The topological polar surface area (TPSA) is 121 Å². The second-order valence-corrected chi connectivity index (χ2v) is 5.63. The molecule has 2 amide bonds. The Morgan fingerprint density at radius 2 is 2.11 bits per heavy atom. The van der Waals surface area contributed by atoms with Gasteiger partial charge in [0.25, 0.3) is 0 Å². The number of nitrogens with one attached hydrogen (secondary N) is 1. The standard InChI is InChI=1S/C9H13FN2O6S/c10-19(17,18)5-6-1-8(14)12(3-6)4-7(13)11-2-9(15)16/h6H,1-5H2,(H,11,13)(H,15,16). The molecule has 108 valence electrons. The lowest BCUT2D eigenvalue weighted by atomic mass is 10.1. The molecule has 0 aromatic rings. The maximum atomic E-state index is 12.5. The van der Waals surface area contributed by atoms with Gasteiger partial charge in [-0.3, -0.25) is 14.4 Å². The Hall–Kier alpha value is -1.71. The molecule has 0 radical (unpaired) electrons. The summed E-state index contributed by atoms with van der Waals surface area (Å²) >= 11 is 0. The van der Waals surface area contributed by atoms with Crippen LogP contribution in [-0.2, 0) is 24.6 Å². The van der Waals surface area contributed by atoms with Gasteiger partial charge in [-0.05, 0) is 0 Å². The molecule has 0 aliphatic carbocycles. The quantitative estimate of drug-likeness (QED) is 0.566. The van der Waals surface area contributed by atoms with Gasteiger partial charge in [-0.15, -0.1) is 3.89 Å². The normalized spacial score (nSPS) is 19.5. The highest BCUT2D eigenvalue weighted by atomic mass is 32.3. The summed E-state index contributed by atoms with van der Waals surface area (Å²) in [6, 6.07) is 0. The van der Waals surface area contributed by atoms with E-state index in [0.29, 0.717) is 0 Å². The van der Waals surface area contributed by atoms with Crippen LogP contribution in [0.2, 0.25) is 0 Å². The first-order valence-corrected chi connectivity index (χ1v) is 6.91. The number of amides is 2. The summed E-state index contributed by atoms with van der Waals surface area (Å²) in [4.78, 5) is 34.0. The van der Waals surface area contributed by atoms with E-state index in [1.54, 1.807) is 0 Å². The Balaban J connectivity index is 2.45. The number of likely N-dealkylation sites (tertiary alicyclic amines) is 1. The summed E-state index contributed by atoms with van der Waals surface area (Å²) in [6.45, 7) is -0.972. The fourth-order valence-corrected chi connectivity index (χ4v) is 2.59. The van der Waals surface area contributed by atoms with E-state index in [1.807, 2.05) is 0 Å². The van der Waals surface area contributed by atoms with Crippen LogP contribution in [0.25, 0.3) is 0 Å². The van der Waals surface area contributed by atoms with Crippen LogP contribution in [-0.4, -0.2) is 61.6 Å². The first kappa shape index (κ1) is 15.3. The molecule has 0 bridgehead atoms. The second kappa shape index (κ2) is 5.95. The highest BCUT2D eigenvalue weighted by molar-refractivity contribution is 7.86. The molecule has 1 unspecified atom stereocenters. The third-order valence-electron chi connectivity index (χ3n) is 2.50. The first-order chi connectivity index (χ1) is 8.67. The highest BCUT2D eigenvalue weighted by Gasteiger charge is 2.33. The Morgan fingerprint density at radius 1 is 1.47 bits per heavy atom. The molecule has 1 fully saturated rings. The average molecular weight is 296 g/mol. The van der Waals surface area contributed by atoms with Crippen LogP contribution in [0.3, 0.4) is 0 Å². The summed E-state index contributed by atoms with van der Waals surface area (Å²) in [5.41, 5.74) is 0. The molecule has 19 heavy (non-hydrogen) atoms. The maximum absolute atomic E-state index is 12.5. The fourth-order valence-electron chi connectivity index (χ4n) is 1.80. The van der Waals surface area contributed by atoms with Crippen molar-refractivity contribution in [2.24, 2.45) is 5.92 Å². The summed E-state index contributed by atoms with van der Waals surface area (Å²) in [7, 11) is -4.66. The molecule has 1 heterocycles. The van der Waals surface area contributed by atoms with E-state index >= 15 is 0 Å². The molecule has 1 atom stereocenters. The van der Waals surface area contributed by atoms with E-state index < -0.39 is 46.2 Å². The Morgan fingerprint density at radius 3 is 2.63 bits per heavy atom. The molecule has 1 saturated heterocycles. The highest BCUT2D eigenvalue weighted by Crippen LogP contribution is 2.19. The van der Waals surface area contributed by atoms with Gasteiger partial charge in [0.1, 0.15) is 6.54 Å². The van der Waals surface area contributed by atoms with Crippen molar-refractivity contribution in [3.63, 3.8) is 0 Å². The minimum Gasteiger partial charge on any atom is -0.480 e. The average Bonchev–Trinajstić information content (AvgIpc) is 2.53. The van der Waals surface area contributed by atoms with Crippen molar-refractivity contribution in [2.45, 2.75) is 6.42 Å². The third-order valence-corrected chi connectivity index (χ3v) is 3.37. The van der Waals surface area contributed by atoms with Crippen LogP contribution in [0.4, 0.5) is 3.89 Å². The van der Waals surface area contributed by atoms with E-state index in [9.17, 15) is 26.7 Å². The van der Waals surface area contributed by atoms with E-state index in [4.69, 9.17) is 5.11 Å². The number of rotatable bonds is 6. The van der Waals surface area contributed by atoms with Crippen LogP contribution < -0.4 is 5.32 Å². The van der Waals surface area contributed by atoms with Crippen molar-refractivity contribution in [1.29, 1.82) is 0 Å². The number of carboxylic acid groups (broad SMARTS) is 1. The molecule has 0 aromatic carbocycles. The van der Waals surface area contributed by atoms with Crippen LogP contribution >= 0.6 is 0 Å². The van der Waals surface area contributed by atoms with Crippen LogP contribution in [0, 0.1) is 5.92 Å². The van der Waals surface area contributed by atoms with Gasteiger partial charge in [0, 0.05) is 18.9 Å². The predicted molar refractivity (Wildman–Crippen MR) is 60.2 cm³/mol. The summed E-state index contributed by atoms with van der Waals surface area (Å²) in [6.07, 6.45) is -0.143. The molecule has 8 nitrogen and oxygen atoms in total. The van der Waals surface area contributed by atoms with Crippen LogP contribution in [0.1, 0.15) is 6.42 Å². The molecule has 1 aliphatic heterocycles. The lowest BCUT2D eigenvalue weighted by molar-refractivity contribution is -0.138. The zero-order valence-corrected chi connectivity index (χ0v) is 10.7. The van der Waals surface area contributed by atoms with Crippen molar-refractivity contribution in [3.05, 3.63) is 0 Å². The van der Waals surface area contributed by atoms with Gasteiger partial charge in [0.15, 0.2) is 0 Å². The number of carboxylic acids is 1. The largest absolute Gasteiger partial charge is 0.480 e. The second-order valence-electron chi connectivity index (χ2n) is 4.22. The molecule has 1 rings (SSSR count). The van der Waals surface area contributed by atoms with Crippen LogP contribution in [0.15, 0.2) is 0 Å². The fraction of sp³-hybridized carbons (Fsp3) is 0.667. The zero-order chi connectivity index (χ0) is 14.6. The molecule has 0 spiro atoms. The van der Waals surface area contributed by atoms with E-state index in [0.717, 1.165) is 4.90 Å². The summed E-state index contributed by atoms with van der Waals surface area (Å²) < 4.78 is 33.4. The summed E-state index contributed by atoms with van der Waals surface area (Å²) in [5, 5.41) is 10.4. The molecule has 0 saturated carbocycles. The number of halogens is 1. The number of carbonyl (C=O) groups excluding carboxylic acids is 2. The minimum atomic E-state index is -4.66. The Bertz CT molecular complexity index is 491. The molecule has 0 aromatic heterocycles. The van der Waals surface area contributed by atoms with Gasteiger partial charge in [-0.1, -0.05) is 0 Å². The number of hydrogen-bond acceptors (Lipinski definition) is 5. The van der Waals surface area contributed by atoms with Crippen molar-refractivity contribution < 1.29 is 31.8 Å². The van der Waals surface area contributed by atoms with Crippen molar-refractivity contribution >= 4 is 28.0 Å². The molecule has 10 heteroatoms. The molecule has 1 aliphatic rings. The van der Waals surface area contributed by atoms with Crippen molar-refractivity contribution in [1.82, 2.24) is 10.2 Å². The van der Waals surface area contributed by atoms with Gasteiger partial charge >= 0.3 is 16.2 Å². The van der Waals surface area contributed by atoms with Gasteiger partial charge < -0.3 is 15.3 Å². The lowest BCUT2D eigenvalue weighted by Crippen LogP contribution is -2.40. The van der Waals surface area contributed by atoms with Gasteiger partial charge in [-0.2, -0.15) is 8.42 Å². The number of nitrogens with zero attached hydrogens (tertiary/aromatic N) is 1. The lowest BCUT2D eigenvalue weighted by Gasteiger charge is -2.15. The van der Waals surface area contributed by atoms with E-state index in [2.05, 4.69) is 5.32 Å². The van der Waals surface area contributed by atoms with Gasteiger partial charge in [0.05, 0.1) is 12.3 Å². The van der Waals surface area contributed by atoms with Gasteiger partial charge in [0.2, 0.25) is 11.8 Å². The Labute approximate surface area is 108 Å². The monoisotopic (exact) mass is 296 g/mol. The third kappa shape index (κ3) is 5.64. The van der Waals surface area contributed by atoms with Crippen molar-refractivity contribution in [2.75, 3.05) is 25.4 Å². The minimum absolute atomic E-state index is 0.0392. The zero-order valence-electron chi connectivity index (χ0n) is 9.83. The molecular weight excluding hydrogens is 283 g/mol. The predicted octanol–water partition coefficient (Wildman–Crippen LogP) is -1.66. The number of aliphatic carboxylic acids is 1. The first-order valence-electron chi connectivity index (χ1n) is 5.36. The van der Waals surface area contributed by atoms with Crippen LogP contribution in [0.5, 0.6) is 0 Å². The smallest absolute Gasteiger partial charge is 0.322 e. The summed E-state index contributed by atoms with van der Waals surface area (Å²) in [5.74, 6) is -3.79. The Kier molecular flexibility index (Phi) is 4.81.